The van der Waals surface area contributed by atoms with Gasteiger partial charge in [0.1, 0.15) is 6.04 Å². The molecule has 1 aliphatic rings. The van der Waals surface area contributed by atoms with Crippen LogP contribution in [-0.2, 0) is 19.1 Å². The summed E-state index contributed by atoms with van der Waals surface area (Å²) in [7, 11) is 0. The Bertz CT molecular complexity index is 622. The molecule has 1 atom stereocenters. The Hall–Kier alpha value is -2.08. The lowest BCUT2D eigenvalue weighted by Gasteiger charge is -2.23. The van der Waals surface area contributed by atoms with E-state index < -0.39 is 12.0 Å². The molecular formula is C18H21NO4S. The van der Waals surface area contributed by atoms with Crippen molar-refractivity contribution < 1.29 is 19.1 Å². The van der Waals surface area contributed by atoms with E-state index in [2.05, 4.69) is 17.9 Å². The van der Waals surface area contributed by atoms with Crippen molar-refractivity contribution in [1.29, 1.82) is 0 Å². The van der Waals surface area contributed by atoms with Crippen LogP contribution in [0.4, 0.5) is 0 Å². The lowest BCUT2D eigenvalue weighted by Crippen LogP contribution is -2.38. The number of hydrogen-bond donors (Lipinski definition) is 2. The fourth-order valence-electron chi connectivity index (χ4n) is 2.64. The maximum Gasteiger partial charge on any atom is 0.329 e. The van der Waals surface area contributed by atoms with E-state index in [1.165, 1.54) is 6.20 Å². The molecule has 1 N–H and O–H groups in total. The van der Waals surface area contributed by atoms with Gasteiger partial charge in [-0.1, -0.05) is 30.3 Å². The number of thiol groups is 1. The van der Waals surface area contributed by atoms with Crippen molar-refractivity contribution in [1.82, 2.24) is 5.32 Å². The first-order valence-corrected chi connectivity index (χ1v) is 8.55. The number of carbonyl (C=O) groups is 3. The minimum absolute atomic E-state index is 0.0888. The van der Waals surface area contributed by atoms with Gasteiger partial charge in [-0.05, 0) is 18.4 Å². The highest BCUT2D eigenvalue weighted by molar-refractivity contribution is 7.80. The molecule has 1 aliphatic carbocycles. The zero-order valence-corrected chi connectivity index (χ0v) is 14.4. The molecular weight excluding hydrogens is 326 g/mol. The Morgan fingerprint density at radius 3 is 2.46 bits per heavy atom. The number of hydrogen-bond acceptors (Lipinski definition) is 6. The van der Waals surface area contributed by atoms with Gasteiger partial charge in [-0.15, -0.1) is 0 Å². The highest BCUT2D eigenvalue weighted by Crippen LogP contribution is 2.31. The average Bonchev–Trinajstić information content (AvgIpc) is 2.58. The molecule has 0 saturated heterocycles. The monoisotopic (exact) mass is 347 g/mol. The molecule has 5 nitrogen and oxygen atoms in total. The summed E-state index contributed by atoms with van der Waals surface area (Å²) in [5.74, 6) is -0.766. The standard InChI is InChI=1S/C18H21NO4S/c1-2-23-18(22)15(11-24)19-10-14-16(20)8-13(9-17(14)21)12-6-4-3-5-7-12/h3-7,10,13,15,19,24H,2,8-9,11H2,1H3/t13?,15-/m0/s1. The van der Waals surface area contributed by atoms with Gasteiger partial charge in [0.25, 0.3) is 0 Å². The van der Waals surface area contributed by atoms with Gasteiger partial charge in [0.15, 0.2) is 11.6 Å². The third-order valence-electron chi connectivity index (χ3n) is 3.92. The molecule has 1 fully saturated rings. The number of nitrogens with one attached hydrogen (secondary N) is 1. The van der Waals surface area contributed by atoms with Gasteiger partial charge in [-0.2, -0.15) is 12.6 Å². The molecule has 1 aromatic rings. The predicted molar refractivity (Wildman–Crippen MR) is 93.9 cm³/mol. The van der Waals surface area contributed by atoms with Crippen molar-refractivity contribution in [3.63, 3.8) is 0 Å². The van der Waals surface area contributed by atoms with Crippen LogP contribution in [-0.4, -0.2) is 35.9 Å². The van der Waals surface area contributed by atoms with Gasteiger partial charge in [0, 0.05) is 24.8 Å². The quantitative estimate of drug-likeness (QED) is 0.357. The van der Waals surface area contributed by atoms with E-state index in [9.17, 15) is 14.4 Å². The number of allylic oxidation sites excluding steroid dienone is 1. The van der Waals surface area contributed by atoms with Gasteiger partial charge in [0.2, 0.25) is 0 Å². The summed E-state index contributed by atoms with van der Waals surface area (Å²) in [6.07, 6.45) is 1.91. The second-order valence-corrected chi connectivity index (χ2v) is 5.94. The molecule has 0 spiro atoms. The van der Waals surface area contributed by atoms with Crippen LogP contribution < -0.4 is 5.32 Å². The molecule has 0 bridgehead atoms. The third-order valence-corrected chi connectivity index (χ3v) is 4.28. The first-order chi connectivity index (χ1) is 11.6. The van der Waals surface area contributed by atoms with E-state index in [1.54, 1.807) is 6.92 Å². The second kappa shape index (κ2) is 8.68. The maximum absolute atomic E-state index is 12.3. The fourth-order valence-corrected chi connectivity index (χ4v) is 2.89. The number of ketones is 2. The van der Waals surface area contributed by atoms with E-state index in [0.29, 0.717) is 0 Å². The summed E-state index contributed by atoms with van der Waals surface area (Å²) < 4.78 is 4.91. The van der Waals surface area contributed by atoms with Crippen LogP contribution >= 0.6 is 12.6 Å². The lowest BCUT2D eigenvalue weighted by molar-refractivity contribution is -0.144. The number of esters is 1. The summed E-state index contributed by atoms with van der Waals surface area (Å²) in [4.78, 5) is 36.4. The van der Waals surface area contributed by atoms with E-state index in [0.717, 1.165) is 5.56 Å². The molecule has 6 heteroatoms. The molecule has 0 aliphatic heterocycles. The fraction of sp³-hybridized carbons (Fsp3) is 0.389. The molecule has 0 amide bonds. The Morgan fingerprint density at radius 2 is 1.92 bits per heavy atom. The zero-order valence-electron chi connectivity index (χ0n) is 13.5. The van der Waals surface area contributed by atoms with Crippen molar-refractivity contribution in [3.05, 3.63) is 47.7 Å². The van der Waals surface area contributed by atoms with Gasteiger partial charge >= 0.3 is 5.97 Å². The van der Waals surface area contributed by atoms with Crippen molar-refractivity contribution in [2.75, 3.05) is 12.4 Å². The molecule has 0 radical (unpaired) electrons. The van der Waals surface area contributed by atoms with E-state index >= 15 is 0 Å². The summed E-state index contributed by atoms with van der Waals surface area (Å²) in [5.41, 5.74) is 1.10. The van der Waals surface area contributed by atoms with E-state index in [4.69, 9.17) is 4.74 Å². The van der Waals surface area contributed by atoms with Crippen molar-refractivity contribution in [3.8, 4) is 0 Å². The number of Topliss-reactive ketones (excluding diaryl/α,β-unsaturated/α-hetero) is 2. The number of benzene rings is 1. The number of ether oxygens (including phenoxy) is 1. The molecule has 0 unspecified atom stereocenters. The molecule has 1 aromatic carbocycles. The van der Waals surface area contributed by atoms with Crippen LogP contribution in [0.25, 0.3) is 0 Å². The maximum atomic E-state index is 12.3. The molecule has 24 heavy (non-hydrogen) atoms. The average molecular weight is 347 g/mol. The van der Waals surface area contributed by atoms with Gasteiger partial charge < -0.3 is 10.1 Å². The molecule has 0 aromatic heterocycles. The van der Waals surface area contributed by atoms with Crippen LogP contribution in [0, 0.1) is 0 Å². The molecule has 1 saturated carbocycles. The lowest BCUT2D eigenvalue weighted by atomic mass is 9.80. The summed E-state index contributed by atoms with van der Waals surface area (Å²) in [6.45, 7) is 1.97. The topological polar surface area (TPSA) is 72.5 Å². The first kappa shape index (κ1) is 18.3. The minimum Gasteiger partial charge on any atom is -0.464 e. The SMILES string of the molecule is CCOC(=O)[C@H](CS)NC=C1C(=O)CC(c2ccccc2)CC1=O. The second-order valence-electron chi connectivity index (χ2n) is 5.57. The highest BCUT2D eigenvalue weighted by Gasteiger charge is 2.31. The van der Waals surface area contributed by atoms with Crippen LogP contribution in [0.2, 0.25) is 0 Å². The largest absolute Gasteiger partial charge is 0.464 e. The van der Waals surface area contributed by atoms with Crippen molar-refractivity contribution in [2.45, 2.75) is 31.7 Å². The first-order valence-electron chi connectivity index (χ1n) is 7.91. The Morgan fingerprint density at radius 1 is 1.29 bits per heavy atom. The third kappa shape index (κ3) is 4.47. The van der Waals surface area contributed by atoms with Crippen LogP contribution in [0.5, 0.6) is 0 Å². The Labute approximate surface area is 146 Å². The van der Waals surface area contributed by atoms with Crippen LogP contribution in [0.15, 0.2) is 42.1 Å². The minimum atomic E-state index is -0.687. The van der Waals surface area contributed by atoms with Gasteiger partial charge in [-0.3, -0.25) is 9.59 Å². The van der Waals surface area contributed by atoms with Gasteiger partial charge in [-0.25, -0.2) is 4.79 Å². The normalized spacial score (nSPS) is 18.9. The number of carbonyl (C=O) groups excluding carboxylic acids is 3. The summed E-state index contributed by atoms with van der Waals surface area (Å²) in [5, 5.41) is 2.78. The Balaban J connectivity index is 2.06. The zero-order chi connectivity index (χ0) is 17.5. The van der Waals surface area contributed by atoms with Crippen LogP contribution in [0.1, 0.15) is 31.2 Å². The Kier molecular flexibility index (Phi) is 6.61. The highest BCUT2D eigenvalue weighted by atomic mass is 32.1. The number of rotatable bonds is 6. The van der Waals surface area contributed by atoms with Crippen molar-refractivity contribution >= 4 is 30.2 Å². The van der Waals surface area contributed by atoms with Crippen molar-refractivity contribution in [2.24, 2.45) is 0 Å². The van der Waals surface area contributed by atoms with Gasteiger partial charge in [0.05, 0.1) is 12.2 Å². The van der Waals surface area contributed by atoms with E-state index in [-0.39, 0.29) is 48.3 Å². The summed E-state index contributed by atoms with van der Waals surface area (Å²) >= 11 is 4.09. The molecule has 2 rings (SSSR count). The predicted octanol–water partition coefficient (Wildman–Crippen LogP) is 2.04. The smallest absolute Gasteiger partial charge is 0.329 e. The summed E-state index contributed by atoms with van der Waals surface area (Å²) in [6, 6.07) is 8.86. The molecule has 128 valence electrons. The van der Waals surface area contributed by atoms with E-state index in [1.807, 2.05) is 30.3 Å². The van der Waals surface area contributed by atoms with Crippen LogP contribution in [0.3, 0.4) is 0 Å². The molecule has 0 heterocycles.